The van der Waals surface area contributed by atoms with Gasteiger partial charge in [-0.05, 0) is 12.1 Å². The number of nitro benzene ring substituents is 1. The third-order valence-corrected chi connectivity index (χ3v) is 4.23. The van der Waals surface area contributed by atoms with Crippen LogP contribution in [0.25, 0.3) is 0 Å². The van der Waals surface area contributed by atoms with E-state index in [1.807, 2.05) is 4.90 Å². The number of nitrogens with zero attached hydrogens (tertiary/aromatic N) is 2. The van der Waals surface area contributed by atoms with E-state index in [9.17, 15) is 14.9 Å². The number of ether oxygens (including phenoxy) is 1. The Kier molecular flexibility index (Phi) is 4.24. The first-order valence-corrected chi connectivity index (χ1v) is 7.54. The van der Waals surface area contributed by atoms with E-state index in [0.29, 0.717) is 18.8 Å². The minimum Gasteiger partial charge on any atom is -0.490 e. The monoisotopic (exact) mass is 305 g/mol. The molecule has 7 heteroatoms. The molecule has 22 heavy (non-hydrogen) atoms. The molecule has 1 N–H and O–H groups in total. The molecule has 0 unspecified atom stereocenters. The highest BCUT2D eigenvalue weighted by Gasteiger charge is 2.31. The molecular weight excluding hydrogens is 286 g/mol. The first-order chi connectivity index (χ1) is 10.6. The second kappa shape index (κ2) is 6.31. The molecule has 0 aromatic heterocycles. The highest BCUT2D eigenvalue weighted by molar-refractivity contribution is 5.80. The molecule has 1 amide bonds. The van der Waals surface area contributed by atoms with Crippen molar-refractivity contribution < 1.29 is 14.5 Å². The fraction of sp³-hybridized carbons (Fsp3) is 0.533. The molecule has 0 saturated carbocycles. The van der Waals surface area contributed by atoms with E-state index >= 15 is 0 Å². The predicted octanol–water partition coefficient (Wildman–Crippen LogP) is 1.18. The minimum atomic E-state index is -0.427. The summed E-state index contributed by atoms with van der Waals surface area (Å²) in [7, 11) is 0. The van der Waals surface area contributed by atoms with Crippen molar-refractivity contribution in [1.29, 1.82) is 0 Å². The van der Waals surface area contributed by atoms with Crippen molar-refractivity contribution in [2.24, 2.45) is 5.92 Å². The highest BCUT2D eigenvalue weighted by atomic mass is 16.6. The van der Waals surface area contributed by atoms with E-state index in [1.54, 1.807) is 12.1 Å². The zero-order valence-corrected chi connectivity index (χ0v) is 12.2. The number of nitrogens with one attached hydrogen (secondary N) is 1. The molecule has 2 heterocycles. The lowest BCUT2D eigenvalue weighted by molar-refractivity contribution is -0.384. The number of carbonyl (C=O) groups is 1. The molecule has 1 aromatic carbocycles. The largest absolute Gasteiger partial charge is 0.490 e. The van der Waals surface area contributed by atoms with Crippen LogP contribution in [-0.4, -0.2) is 48.0 Å². The molecule has 2 aliphatic rings. The Balaban J connectivity index is 1.49. The van der Waals surface area contributed by atoms with Gasteiger partial charge in [0.15, 0.2) is 0 Å². The molecule has 7 nitrogen and oxygen atoms in total. The van der Waals surface area contributed by atoms with Crippen LogP contribution in [0.3, 0.4) is 0 Å². The van der Waals surface area contributed by atoms with E-state index in [4.69, 9.17) is 4.74 Å². The van der Waals surface area contributed by atoms with Crippen LogP contribution in [0.5, 0.6) is 5.75 Å². The van der Waals surface area contributed by atoms with Crippen LogP contribution < -0.4 is 10.1 Å². The Labute approximate surface area is 128 Å². The number of carbonyl (C=O) groups excluding carboxylic acids is 1. The zero-order chi connectivity index (χ0) is 15.5. The number of hydrogen-bond acceptors (Lipinski definition) is 5. The second-order valence-corrected chi connectivity index (χ2v) is 5.75. The molecule has 0 bridgehead atoms. The van der Waals surface area contributed by atoms with Crippen LogP contribution in [-0.2, 0) is 4.79 Å². The lowest BCUT2D eigenvalue weighted by atomic mass is 9.99. The normalized spacial score (nSPS) is 19.5. The molecule has 118 valence electrons. The van der Waals surface area contributed by atoms with Gasteiger partial charge in [-0.1, -0.05) is 0 Å². The van der Waals surface area contributed by atoms with Crippen LogP contribution >= 0.6 is 0 Å². The summed E-state index contributed by atoms with van der Waals surface area (Å²) in [5.41, 5.74) is 0.0573. The van der Waals surface area contributed by atoms with Crippen LogP contribution in [0, 0.1) is 16.0 Å². The Bertz CT molecular complexity index is 548. The lowest BCUT2D eigenvalue weighted by Crippen LogP contribution is -2.54. The van der Waals surface area contributed by atoms with Gasteiger partial charge in [0, 0.05) is 51.2 Å². The Morgan fingerprint density at radius 3 is 2.36 bits per heavy atom. The van der Waals surface area contributed by atoms with Crippen LogP contribution in [0.2, 0.25) is 0 Å². The topological polar surface area (TPSA) is 84.7 Å². The summed E-state index contributed by atoms with van der Waals surface area (Å²) >= 11 is 0. The molecule has 0 radical (unpaired) electrons. The van der Waals surface area contributed by atoms with Crippen LogP contribution in [0.15, 0.2) is 24.3 Å². The van der Waals surface area contributed by atoms with E-state index in [0.717, 1.165) is 25.9 Å². The fourth-order valence-electron chi connectivity index (χ4n) is 2.75. The fourth-order valence-corrected chi connectivity index (χ4v) is 2.75. The molecule has 0 aliphatic carbocycles. The molecular formula is C15H19N3O4. The average molecular weight is 305 g/mol. The Morgan fingerprint density at radius 1 is 1.23 bits per heavy atom. The van der Waals surface area contributed by atoms with Crippen molar-refractivity contribution in [3.8, 4) is 5.75 Å². The number of hydrogen-bond donors (Lipinski definition) is 1. The number of piperidine rings is 1. The van der Waals surface area contributed by atoms with Gasteiger partial charge in [0.1, 0.15) is 11.9 Å². The summed E-state index contributed by atoms with van der Waals surface area (Å²) in [5, 5.41) is 13.7. The standard InChI is InChI=1S/C15H19N3O4/c19-15(11-9-16-10-11)17-7-5-14(6-8-17)22-13-3-1-12(2-4-13)18(20)21/h1-4,11,14,16H,5-10H2. The van der Waals surface area contributed by atoms with E-state index in [-0.39, 0.29) is 23.6 Å². The first-order valence-electron chi connectivity index (χ1n) is 7.54. The van der Waals surface area contributed by atoms with E-state index in [1.165, 1.54) is 12.1 Å². The quantitative estimate of drug-likeness (QED) is 0.667. The summed E-state index contributed by atoms with van der Waals surface area (Å²) in [6, 6.07) is 6.13. The molecule has 1 aromatic rings. The van der Waals surface area contributed by atoms with Gasteiger partial charge >= 0.3 is 0 Å². The summed E-state index contributed by atoms with van der Waals surface area (Å²) in [6.07, 6.45) is 1.65. The van der Waals surface area contributed by atoms with Crippen molar-refractivity contribution in [2.75, 3.05) is 26.2 Å². The second-order valence-electron chi connectivity index (χ2n) is 5.75. The first kappa shape index (κ1) is 14.8. The van der Waals surface area contributed by atoms with Crippen molar-refractivity contribution >= 4 is 11.6 Å². The third-order valence-electron chi connectivity index (χ3n) is 4.23. The molecule has 2 saturated heterocycles. The van der Waals surface area contributed by atoms with Gasteiger partial charge in [-0.3, -0.25) is 14.9 Å². The highest BCUT2D eigenvalue weighted by Crippen LogP contribution is 2.22. The maximum absolute atomic E-state index is 12.1. The van der Waals surface area contributed by atoms with E-state index < -0.39 is 4.92 Å². The number of non-ortho nitro benzene ring substituents is 1. The van der Waals surface area contributed by atoms with E-state index in [2.05, 4.69) is 5.32 Å². The maximum atomic E-state index is 12.1. The molecule has 3 rings (SSSR count). The number of benzene rings is 1. The van der Waals surface area contributed by atoms with Crippen LogP contribution in [0.4, 0.5) is 5.69 Å². The van der Waals surface area contributed by atoms with Gasteiger partial charge in [-0.15, -0.1) is 0 Å². The van der Waals surface area contributed by atoms with Gasteiger partial charge in [-0.25, -0.2) is 0 Å². The summed E-state index contributed by atoms with van der Waals surface area (Å²) in [4.78, 5) is 24.2. The number of amides is 1. The minimum absolute atomic E-state index is 0.0573. The number of likely N-dealkylation sites (tertiary alicyclic amines) is 1. The smallest absolute Gasteiger partial charge is 0.269 e. The van der Waals surface area contributed by atoms with Crippen molar-refractivity contribution in [3.05, 3.63) is 34.4 Å². The van der Waals surface area contributed by atoms with Crippen molar-refractivity contribution in [3.63, 3.8) is 0 Å². The third kappa shape index (κ3) is 3.19. The van der Waals surface area contributed by atoms with Crippen LogP contribution in [0.1, 0.15) is 12.8 Å². The number of nitro groups is 1. The summed E-state index contributed by atoms with van der Waals surface area (Å²) < 4.78 is 5.85. The molecule has 0 atom stereocenters. The predicted molar refractivity (Wildman–Crippen MR) is 79.7 cm³/mol. The number of rotatable bonds is 4. The zero-order valence-electron chi connectivity index (χ0n) is 12.2. The van der Waals surface area contributed by atoms with Gasteiger partial charge in [0.05, 0.1) is 10.8 Å². The summed E-state index contributed by atoms with van der Waals surface area (Å²) in [5.74, 6) is 1.03. The Morgan fingerprint density at radius 2 is 1.86 bits per heavy atom. The average Bonchev–Trinajstić information content (AvgIpc) is 2.46. The van der Waals surface area contributed by atoms with Gasteiger partial charge in [0.25, 0.3) is 5.69 Å². The molecule has 2 aliphatic heterocycles. The van der Waals surface area contributed by atoms with Gasteiger partial charge in [0.2, 0.25) is 5.91 Å². The molecule has 2 fully saturated rings. The van der Waals surface area contributed by atoms with Crippen molar-refractivity contribution in [1.82, 2.24) is 10.2 Å². The maximum Gasteiger partial charge on any atom is 0.269 e. The summed E-state index contributed by atoms with van der Waals surface area (Å²) in [6.45, 7) is 3.01. The Hall–Kier alpha value is -2.15. The SMILES string of the molecule is O=C(C1CNC1)N1CCC(Oc2ccc([N+](=O)[O-])cc2)CC1. The lowest BCUT2D eigenvalue weighted by Gasteiger charge is -2.36. The van der Waals surface area contributed by atoms with Crippen molar-refractivity contribution in [2.45, 2.75) is 18.9 Å². The molecule has 0 spiro atoms. The van der Waals surface area contributed by atoms with Gasteiger partial charge in [-0.2, -0.15) is 0 Å². The van der Waals surface area contributed by atoms with Gasteiger partial charge < -0.3 is 15.0 Å².